The minimum absolute atomic E-state index is 0.212. The van der Waals surface area contributed by atoms with Gasteiger partial charge in [-0.15, -0.1) is 6.58 Å². The van der Waals surface area contributed by atoms with Crippen LogP contribution in [0.15, 0.2) is 12.7 Å². The van der Waals surface area contributed by atoms with Gasteiger partial charge in [0, 0.05) is 25.2 Å². The summed E-state index contributed by atoms with van der Waals surface area (Å²) in [4.78, 5) is 14.0. The van der Waals surface area contributed by atoms with E-state index in [2.05, 4.69) is 18.6 Å². The largest absolute Gasteiger partial charge is 0.378 e. The minimum atomic E-state index is 0.212. The van der Waals surface area contributed by atoms with E-state index in [1.54, 1.807) is 0 Å². The molecule has 0 atom stereocenters. The Morgan fingerprint density at radius 3 is 2.75 bits per heavy atom. The fourth-order valence-electron chi connectivity index (χ4n) is 2.60. The van der Waals surface area contributed by atoms with Crippen LogP contribution in [0.2, 0.25) is 0 Å². The van der Waals surface area contributed by atoms with Crippen LogP contribution in [0, 0.1) is 13.8 Å². The molecule has 5 nitrogen and oxygen atoms in total. The van der Waals surface area contributed by atoms with Gasteiger partial charge in [0.1, 0.15) is 0 Å². The van der Waals surface area contributed by atoms with Crippen molar-refractivity contribution in [3.63, 3.8) is 0 Å². The van der Waals surface area contributed by atoms with Gasteiger partial charge in [-0.05, 0) is 25.8 Å². The van der Waals surface area contributed by atoms with Crippen molar-refractivity contribution in [1.82, 2.24) is 14.7 Å². The van der Waals surface area contributed by atoms with Crippen molar-refractivity contribution in [3.8, 4) is 0 Å². The summed E-state index contributed by atoms with van der Waals surface area (Å²) in [5, 5.41) is 4.49. The maximum Gasteiger partial charge on any atom is 0.223 e. The van der Waals surface area contributed by atoms with Crippen molar-refractivity contribution < 1.29 is 9.53 Å². The highest BCUT2D eigenvalue weighted by Gasteiger charge is 2.18. The number of allylic oxidation sites excluding steroid dienone is 1. The molecule has 0 N–H and O–H groups in total. The van der Waals surface area contributed by atoms with Crippen LogP contribution in [0.1, 0.15) is 23.4 Å². The van der Waals surface area contributed by atoms with Gasteiger partial charge in [-0.2, -0.15) is 5.10 Å². The van der Waals surface area contributed by atoms with Gasteiger partial charge in [0.2, 0.25) is 5.91 Å². The van der Waals surface area contributed by atoms with Crippen molar-refractivity contribution in [3.05, 3.63) is 29.6 Å². The molecule has 5 heteroatoms. The minimum Gasteiger partial charge on any atom is -0.378 e. The summed E-state index contributed by atoms with van der Waals surface area (Å²) in [5.41, 5.74) is 3.34. The molecule has 2 heterocycles. The average molecular weight is 277 g/mol. The molecule has 1 aliphatic rings. The molecule has 0 aromatic carbocycles. The standard InChI is InChI=1S/C15H23N3O2/c1-4-7-18-13(3)14(12(2)16-18)5-6-15(19)17-8-10-20-11-9-17/h4H,1,5-11H2,2-3H3. The topological polar surface area (TPSA) is 47.4 Å². The molecule has 1 fully saturated rings. The molecule has 0 saturated carbocycles. The van der Waals surface area contributed by atoms with E-state index in [9.17, 15) is 4.79 Å². The Hall–Kier alpha value is -1.62. The van der Waals surface area contributed by atoms with E-state index in [0.717, 1.165) is 17.8 Å². The number of amides is 1. The molecule has 1 saturated heterocycles. The zero-order valence-corrected chi connectivity index (χ0v) is 12.4. The van der Waals surface area contributed by atoms with Gasteiger partial charge in [0.25, 0.3) is 0 Å². The normalized spacial score (nSPS) is 15.4. The molecular weight excluding hydrogens is 254 g/mol. The van der Waals surface area contributed by atoms with Crippen LogP contribution in [0.4, 0.5) is 0 Å². The molecule has 0 radical (unpaired) electrons. The lowest BCUT2D eigenvalue weighted by Gasteiger charge is -2.26. The zero-order chi connectivity index (χ0) is 14.5. The van der Waals surface area contributed by atoms with Crippen LogP contribution in [-0.4, -0.2) is 46.9 Å². The number of hydrogen-bond donors (Lipinski definition) is 0. The Bertz CT molecular complexity index is 488. The highest BCUT2D eigenvalue weighted by molar-refractivity contribution is 5.76. The van der Waals surface area contributed by atoms with Crippen molar-refractivity contribution in [2.75, 3.05) is 26.3 Å². The lowest BCUT2D eigenvalue weighted by Crippen LogP contribution is -2.40. The van der Waals surface area contributed by atoms with Gasteiger partial charge >= 0.3 is 0 Å². The molecule has 1 amide bonds. The predicted molar refractivity (Wildman–Crippen MR) is 77.6 cm³/mol. The predicted octanol–water partition coefficient (Wildman–Crippen LogP) is 1.48. The highest BCUT2D eigenvalue weighted by Crippen LogP contribution is 2.16. The second-order valence-corrected chi connectivity index (χ2v) is 5.11. The summed E-state index contributed by atoms with van der Waals surface area (Å²) in [7, 11) is 0. The van der Waals surface area contributed by atoms with E-state index in [4.69, 9.17) is 4.74 Å². The van der Waals surface area contributed by atoms with E-state index in [1.807, 2.05) is 22.6 Å². The molecule has 0 unspecified atom stereocenters. The van der Waals surface area contributed by atoms with E-state index < -0.39 is 0 Å². The average Bonchev–Trinajstić information content (AvgIpc) is 2.72. The lowest BCUT2D eigenvalue weighted by molar-refractivity contribution is -0.135. The number of rotatable bonds is 5. The van der Waals surface area contributed by atoms with Crippen LogP contribution in [-0.2, 0) is 22.5 Å². The number of aryl methyl sites for hydroxylation is 1. The van der Waals surface area contributed by atoms with Gasteiger partial charge in [-0.25, -0.2) is 0 Å². The number of ether oxygens (including phenoxy) is 1. The summed E-state index contributed by atoms with van der Waals surface area (Å²) < 4.78 is 7.21. The molecular formula is C15H23N3O2. The van der Waals surface area contributed by atoms with Crippen molar-refractivity contribution in [1.29, 1.82) is 0 Å². The smallest absolute Gasteiger partial charge is 0.223 e. The van der Waals surface area contributed by atoms with E-state index in [0.29, 0.717) is 39.3 Å². The van der Waals surface area contributed by atoms with Crippen LogP contribution in [0.3, 0.4) is 0 Å². The molecule has 0 spiro atoms. The third-order valence-corrected chi connectivity index (χ3v) is 3.79. The third-order valence-electron chi connectivity index (χ3n) is 3.79. The Balaban J connectivity index is 1.96. The van der Waals surface area contributed by atoms with Gasteiger partial charge in [0.05, 0.1) is 25.5 Å². The van der Waals surface area contributed by atoms with E-state index in [-0.39, 0.29) is 5.91 Å². The SMILES string of the molecule is C=CCn1nc(C)c(CCC(=O)N2CCOCC2)c1C. The molecule has 0 bridgehead atoms. The number of carbonyl (C=O) groups excluding carboxylic acids is 1. The third kappa shape index (κ3) is 3.28. The zero-order valence-electron chi connectivity index (χ0n) is 12.4. The van der Waals surface area contributed by atoms with Crippen LogP contribution in [0.25, 0.3) is 0 Å². The molecule has 1 aliphatic heterocycles. The first-order valence-corrected chi connectivity index (χ1v) is 7.12. The molecule has 0 aliphatic carbocycles. The van der Waals surface area contributed by atoms with Crippen molar-refractivity contribution >= 4 is 5.91 Å². The Morgan fingerprint density at radius 1 is 1.40 bits per heavy atom. The number of aromatic nitrogens is 2. The maximum atomic E-state index is 12.2. The Morgan fingerprint density at radius 2 is 2.10 bits per heavy atom. The molecule has 1 aromatic heterocycles. The second kappa shape index (κ2) is 6.70. The van der Waals surface area contributed by atoms with Gasteiger partial charge in [-0.1, -0.05) is 6.08 Å². The second-order valence-electron chi connectivity index (χ2n) is 5.11. The number of hydrogen-bond acceptors (Lipinski definition) is 3. The van der Waals surface area contributed by atoms with Crippen LogP contribution in [0.5, 0.6) is 0 Å². The number of morpholine rings is 1. The maximum absolute atomic E-state index is 12.2. The lowest BCUT2D eigenvalue weighted by atomic mass is 10.1. The summed E-state index contributed by atoms with van der Waals surface area (Å²) >= 11 is 0. The van der Waals surface area contributed by atoms with E-state index >= 15 is 0 Å². The van der Waals surface area contributed by atoms with E-state index in [1.165, 1.54) is 5.56 Å². The molecule has 2 rings (SSSR count). The Labute approximate surface area is 120 Å². The van der Waals surface area contributed by atoms with Crippen LogP contribution >= 0.6 is 0 Å². The first kappa shape index (κ1) is 14.8. The quantitative estimate of drug-likeness (QED) is 0.766. The molecule has 110 valence electrons. The summed E-state index contributed by atoms with van der Waals surface area (Å²) in [6.45, 7) is 11.2. The summed E-state index contributed by atoms with van der Waals surface area (Å²) in [6.07, 6.45) is 3.13. The fraction of sp³-hybridized carbons (Fsp3) is 0.600. The monoisotopic (exact) mass is 277 g/mol. The van der Waals surface area contributed by atoms with Crippen LogP contribution < -0.4 is 0 Å². The first-order valence-electron chi connectivity index (χ1n) is 7.12. The molecule has 20 heavy (non-hydrogen) atoms. The van der Waals surface area contributed by atoms with Gasteiger partial charge < -0.3 is 9.64 Å². The number of carbonyl (C=O) groups is 1. The first-order chi connectivity index (χ1) is 9.63. The van der Waals surface area contributed by atoms with Crippen molar-refractivity contribution in [2.24, 2.45) is 0 Å². The summed E-state index contributed by atoms with van der Waals surface area (Å²) in [6, 6.07) is 0. The highest BCUT2D eigenvalue weighted by atomic mass is 16.5. The van der Waals surface area contributed by atoms with Gasteiger partial charge in [0.15, 0.2) is 0 Å². The van der Waals surface area contributed by atoms with Crippen molar-refractivity contribution in [2.45, 2.75) is 33.2 Å². The van der Waals surface area contributed by atoms with Gasteiger partial charge in [-0.3, -0.25) is 9.48 Å². The fourth-order valence-corrected chi connectivity index (χ4v) is 2.60. The number of nitrogens with zero attached hydrogens (tertiary/aromatic N) is 3. The Kier molecular flexibility index (Phi) is 4.95. The summed E-state index contributed by atoms with van der Waals surface area (Å²) in [5.74, 6) is 0.212. The molecule has 1 aromatic rings.